The second-order valence-electron chi connectivity index (χ2n) is 9.27. The average molecular weight is 561 g/mol. The number of hydrogen-bond acceptors (Lipinski definition) is 5. The molecule has 0 fully saturated rings. The van der Waals surface area contributed by atoms with Crippen molar-refractivity contribution < 1.29 is 45.7 Å². The van der Waals surface area contributed by atoms with Crippen molar-refractivity contribution >= 4 is 31.7 Å². The van der Waals surface area contributed by atoms with Gasteiger partial charge in [0.15, 0.2) is 0 Å². The van der Waals surface area contributed by atoms with Crippen molar-refractivity contribution in [3.05, 3.63) is 119 Å². The minimum absolute atomic E-state index is 0. The van der Waals surface area contributed by atoms with Crippen molar-refractivity contribution in [2.75, 3.05) is 17.2 Å². The molecule has 0 aliphatic carbocycles. The summed E-state index contributed by atoms with van der Waals surface area (Å²) in [6, 6.07) is 24.3. The Kier molecular flexibility index (Phi) is 18.7. The largest absolute Gasteiger partial charge is 1.00 e. The van der Waals surface area contributed by atoms with Gasteiger partial charge in [0.25, 0.3) is 5.97 Å². The van der Waals surface area contributed by atoms with E-state index in [-0.39, 0.29) is 45.3 Å². The van der Waals surface area contributed by atoms with Crippen LogP contribution in [-0.4, -0.2) is 41.9 Å². The number of nitrogens with one attached hydrogen (secondary N) is 2. The van der Waals surface area contributed by atoms with Gasteiger partial charge >= 0.3 is 29.6 Å². The van der Waals surface area contributed by atoms with E-state index in [0.717, 1.165) is 42.5 Å². The molecule has 2 aromatic carbocycles. The van der Waals surface area contributed by atoms with Crippen LogP contribution in [-0.2, 0) is 22.4 Å². The Balaban J connectivity index is 0. The van der Waals surface area contributed by atoms with Gasteiger partial charge < -0.3 is 17.2 Å². The van der Waals surface area contributed by atoms with Crippen LogP contribution in [0, 0.1) is 27.7 Å². The molecule has 3 radical (unpaired) electrons. The zero-order valence-electron chi connectivity index (χ0n) is 25.9. The fourth-order valence-electron chi connectivity index (χ4n) is 3.30. The summed E-state index contributed by atoms with van der Waals surface area (Å²) in [5.41, 5.74) is 8.69. The van der Waals surface area contributed by atoms with Crippen LogP contribution < -0.4 is 40.2 Å². The number of carbonyl (C=O) groups excluding carboxylic acids is 1. The molecule has 4 aromatic rings. The van der Waals surface area contributed by atoms with Gasteiger partial charge in [0.2, 0.25) is 5.91 Å². The first-order valence-corrected chi connectivity index (χ1v) is 12.8. The fourth-order valence-corrected chi connectivity index (χ4v) is 3.30. The summed E-state index contributed by atoms with van der Waals surface area (Å²) in [6.45, 7) is 10.1. The molecule has 0 bridgehead atoms. The van der Waals surface area contributed by atoms with Gasteiger partial charge in [0, 0.05) is 57.0 Å². The van der Waals surface area contributed by atoms with Gasteiger partial charge in [0.1, 0.15) is 0 Å². The first-order valence-electron chi connectivity index (χ1n) is 12.8. The Hall–Kier alpha value is -3.46. The first kappa shape index (κ1) is 37.5. The van der Waals surface area contributed by atoms with Crippen LogP contribution in [0.5, 0.6) is 0 Å². The van der Waals surface area contributed by atoms with Gasteiger partial charge in [0.05, 0.1) is 6.42 Å². The number of aromatic nitrogens is 2. The molecule has 0 unspecified atom stereocenters. The van der Waals surface area contributed by atoms with Crippen LogP contribution >= 0.6 is 0 Å². The van der Waals surface area contributed by atoms with E-state index in [4.69, 9.17) is 9.90 Å². The second kappa shape index (κ2) is 20.4. The number of benzene rings is 2. The molecule has 1 amide bonds. The Labute approximate surface area is 269 Å². The fraction of sp³-hybridized carbons (Fsp3) is 0.250. The summed E-state index contributed by atoms with van der Waals surface area (Å²) in [5.74, 6) is -0.857. The monoisotopic (exact) mass is 561 g/mol. The molecule has 0 atom stereocenters. The standard InChI is InChI=1S/C15H16N2O.C15H18N2.C2H4O2.B.Na.H/c1-11-3-7-14(8-4-11)17-15(18)9-13-6-5-12(2)16-10-13;1-12-3-7-15(8-4-12)16-10-9-14-6-5-13(2)17-11-14;1-2(3)4;;;/h3-8,10H,9H2,1-2H3,(H,17,18);3-8,11,16H,9-10H2,1-2H3;1H3,(H,3,4);;;/q;;;;+1;-1. The zero-order valence-corrected chi connectivity index (χ0v) is 26.9. The van der Waals surface area contributed by atoms with Gasteiger partial charge in [-0.1, -0.05) is 47.5 Å². The molecule has 0 saturated carbocycles. The van der Waals surface area contributed by atoms with Crippen LogP contribution in [0.25, 0.3) is 0 Å². The minimum Gasteiger partial charge on any atom is -1.00 e. The molecule has 7 nitrogen and oxygen atoms in total. The predicted molar refractivity (Wildman–Crippen MR) is 165 cm³/mol. The summed E-state index contributed by atoms with van der Waals surface area (Å²) < 4.78 is 0. The third-order valence-electron chi connectivity index (χ3n) is 5.44. The van der Waals surface area contributed by atoms with Gasteiger partial charge in [-0.2, -0.15) is 0 Å². The molecule has 3 N–H and O–H groups in total. The number of aryl methyl sites for hydroxylation is 4. The Morgan fingerprint density at radius 2 is 1.17 bits per heavy atom. The number of amides is 1. The average Bonchev–Trinajstić information content (AvgIpc) is 2.89. The quantitative estimate of drug-likeness (QED) is 0.300. The van der Waals surface area contributed by atoms with E-state index in [1.165, 1.54) is 22.4 Å². The normalized spacial score (nSPS) is 9.29. The molecule has 4 rings (SSSR count). The van der Waals surface area contributed by atoms with E-state index in [1.807, 2.05) is 63.4 Å². The van der Waals surface area contributed by atoms with Crippen molar-refractivity contribution in [2.45, 2.75) is 47.5 Å². The SMILES string of the molecule is CC(=O)O.Cc1ccc(NC(=O)Cc2ccc(C)nc2)cc1.Cc1ccc(NCCc2ccc(C)nc2)cc1.[B].[H-].[Na+]. The molecular formula is C32H39BN4NaO3. The number of pyridine rings is 2. The van der Waals surface area contributed by atoms with Crippen molar-refractivity contribution in [1.29, 1.82) is 0 Å². The molecule has 2 heterocycles. The summed E-state index contributed by atoms with van der Waals surface area (Å²) in [4.78, 5) is 29.3. The molecule has 209 valence electrons. The third-order valence-corrected chi connectivity index (χ3v) is 5.44. The van der Waals surface area contributed by atoms with Crippen LogP contribution in [0.3, 0.4) is 0 Å². The molecule has 0 spiro atoms. The predicted octanol–water partition coefficient (Wildman–Crippen LogP) is 3.06. The van der Waals surface area contributed by atoms with E-state index in [1.54, 1.807) is 6.20 Å². The maximum atomic E-state index is 11.8. The molecule has 9 heteroatoms. The van der Waals surface area contributed by atoms with Gasteiger partial charge in [-0.25, -0.2) is 0 Å². The number of rotatable bonds is 7. The first-order chi connectivity index (χ1) is 18.6. The molecule has 0 aliphatic heterocycles. The molecule has 2 aromatic heterocycles. The number of anilines is 2. The van der Waals surface area contributed by atoms with E-state index >= 15 is 0 Å². The summed E-state index contributed by atoms with van der Waals surface area (Å²) in [5, 5.41) is 13.7. The maximum Gasteiger partial charge on any atom is 1.00 e. The summed E-state index contributed by atoms with van der Waals surface area (Å²) in [7, 11) is 0. The Morgan fingerprint density at radius 3 is 1.61 bits per heavy atom. The molecule has 41 heavy (non-hydrogen) atoms. The van der Waals surface area contributed by atoms with E-state index < -0.39 is 5.97 Å². The number of carboxylic acids is 1. The zero-order chi connectivity index (χ0) is 28.6. The Bertz CT molecular complexity index is 1210. The van der Waals surface area contributed by atoms with Crippen molar-refractivity contribution in [3.63, 3.8) is 0 Å². The Morgan fingerprint density at radius 1 is 0.732 bits per heavy atom. The second-order valence-corrected chi connectivity index (χ2v) is 9.27. The van der Waals surface area contributed by atoms with Crippen molar-refractivity contribution in [1.82, 2.24) is 9.97 Å². The third kappa shape index (κ3) is 17.1. The number of aliphatic carboxylic acids is 1. The van der Waals surface area contributed by atoms with Crippen LogP contribution in [0.1, 0.15) is 42.0 Å². The molecule has 0 aliphatic rings. The van der Waals surface area contributed by atoms with E-state index in [0.29, 0.717) is 6.42 Å². The van der Waals surface area contributed by atoms with E-state index in [9.17, 15) is 4.79 Å². The number of nitrogens with zero attached hydrogens (tertiary/aromatic N) is 2. The van der Waals surface area contributed by atoms with Gasteiger partial charge in [-0.15, -0.1) is 0 Å². The molecular weight excluding hydrogens is 522 g/mol. The smallest absolute Gasteiger partial charge is 1.00 e. The van der Waals surface area contributed by atoms with Crippen molar-refractivity contribution in [2.24, 2.45) is 0 Å². The number of carbonyl (C=O) groups is 2. The summed E-state index contributed by atoms with van der Waals surface area (Å²) >= 11 is 0. The van der Waals surface area contributed by atoms with Gasteiger partial charge in [-0.05, 0) is 81.6 Å². The number of carboxylic acid groups (broad SMARTS) is 1. The number of hydrogen-bond donors (Lipinski definition) is 3. The summed E-state index contributed by atoms with van der Waals surface area (Å²) in [6.07, 6.45) is 5.04. The van der Waals surface area contributed by atoms with Crippen LogP contribution in [0.2, 0.25) is 0 Å². The van der Waals surface area contributed by atoms with E-state index in [2.05, 4.69) is 63.9 Å². The minimum atomic E-state index is -0.833. The molecule has 0 saturated heterocycles. The topological polar surface area (TPSA) is 104 Å². The van der Waals surface area contributed by atoms with Crippen LogP contribution in [0.4, 0.5) is 11.4 Å². The van der Waals surface area contributed by atoms with Crippen molar-refractivity contribution in [3.8, 4) is 0 Å². The van der Waals surface area contributed by atoms with Gasteiger partial charge in [-0.3, -0.25) is 19.6 Å². The van der Waals surface area contributed by atoms with Crippen LogP contribution in [0.15, 0.2) is 85.2 Å². The maximum absolute atomic E-state index is 11.8.